The number of aryl methyl sites for hydroxylation is 1. The second-order valence-electron chi connectivity index (χ2n) is 9.49. The first-order valence-corrected chi connectivity index (χ1v) is 12.4. The van der Waals surface area contributed by atoms with Crippen LogP contribution < -0.4 is 15.0 Å². The molecule has 36 heavy (non-hydrogen) atoms. The molecule has 1 saturated carbocycles. The molecule has 2 aliphatic rings. The van der Waals surface area contributed by atoms with Gasteiger partial charge in [-0.15, -0.1) is 0 Å². The maximum Gasteiger partial charge on any atom is 0.226 e. The van der Waals surface area contributed by atoms with E-state index in [2.05, 4.69) is 30.2 Å². The molecule has 3 aromatic heterocycles. The summed E-state index contributed by atoms with van der Waals surface area (Å²) in [6.07, 6.45) is 8.83. The van der Waals surface area contributed by atoms with Gasteiger partial charge in [-0.05, 0) is 55.5 Å². The van der Waals surface area contributed by atoms with E-state index < -0.39 is 0 Å². The third kappa shape index (κ3) is 3.67. The Labute approximate surface area is 212 Å². The lowest BCUT2D eigenvalue weighted by Gasteiger charge is -2.26. The topological polar surface area (TPSA) is 93.9 Å². The van der Waals surface area contributed by atoms with Crippen molar-refractivity contribution < 1.29 is 4.74 Å². The van der Waals surface area contributed by atoms with Crippen LogP contribution in [-0.2, 0) is 7.05 Å². The monoisotopic (exact) mass is 498 g/mol. The molecular weight excluding hydrogens is 476 g/mol. The number of anilines is 3. The van der Waals surface area contributed by atoms with Gasteiger partial charge in [-0.25, -0.2) is 24.9 Å². The number of imidazole rings is 1. The van der Waals surface area contributed by atoms with Crippen molar-refractivity contribution in [2.24, 2.45) is 13.0 Å². The summed E-state index contributed by atoms with van der Waals surface area (Å²) in [5.41, 5.74) is 4.05. The molecule has 180 valence electrons. The Kier molecular flexibility index (Phi) is 4.92. The van der Waals surface area contributed by atoms with E-state index in [1.807, 2.05) is 48.0 Å². The lowest BCUT2D eigenvalue weighted by atomic mass is 10.1. The molecular formula is C26H23ClN8O. The Bertz CT molecular complexity index is 1620. The van der Waals surface area contributed by atoms with E-state index in [-0.39, 0.29) is 0 Å². The molecule has 2 aromatic carbocycles. The Morgan fingerprint density at radius 3 is 2.81 bits per heavy atom. The number of ether oxygens (including phenoxy) is 1. The molecule has 4 heterocycles. The summed E-state index contributed by atoms with van der Waals surface area (Å²) >= 11 is 6.58. The Morgan fingerprint density at radius 2 is 1.97 bits per heavy atom. The minimum atomic E-state index is 0.475. The molecule has 0 spiro atoms. The van der Waals surface area contributed by atoms with E-state index in [0.29, 0.717) is 39.4 Å². The molecule has 10 heteroatoms. The van der Waals surface area contributed by atoms with Crippen molar-refractivity contribution in [2.45, 2.75) is 25.3 Å². The quantitative estimate of drug-likeness (QED) is 0.340. The Balaban J connectivity index is 1.15. The maximum absolute atomic E-state index is 6.58. The minimum absolute atomic E-state index is 0.475. The maximum atomic E-state index is 6.58. The molecule has 1 N–H and O–H groups in total. The third-order valence-electron chi connectivity index (χ3n) is 7.15. The van der Waals surface area contributed by atoms with Crippen molar-refractivity contribution in [1.82, 2.24) is 29.5 Å². The largest absolute Gasteiger partial charge is 0.456 e. The molecule has 1 aliphatic heterocycles. The Hall–Kier alpha value is -3.98. The number of hydrogen-bond acceptors (Lipinski definition) is 8. The van der Waals surface area contributed by atoms with E-state index in [1.54, 1.807) is 12.5 Å². The van der Waals surface area contributed by atoms with Crippen molar-refractivity contribution in [1.29, 1.82) is 0 Å². The van der Waals surface area contributed by atoms with Crippen LogP contribution in [0.2, 0.25) is 5.02 Å². The summed E-state index contributed by atoms with van der Waals surface area (Å²) in [6.45, 7) is 1.02. The van der Waals surface area contributed by atoms with Gasteiger partial charge in [0.15, 0.2) is 5.82 Å². The van der Waals surface area contributed by atoms with E-state index in [0.717, 1.165) is 35.1 Å². The van der Waals surface area contributed by atoms with Crippen LogP contribution in [0.1, 0.15) is 19.3 Å². The number of rotatable bonds is 5. The van der Waals surface area contributed by atoms with Crippen LogP contribution in [0.25, 0.3) is 22.1 Å². The van der Waals surface area contributed by atoms with Crippen LogP contribution in [0.15, 0.2) is 55.2 Å². The number of halogens is 1. The predicted octanol–water partition coefficient (Wildman–Crippen LogP) is 5.48. The first kappa shape index (κ1) is 21.3. The van der Waals surface area contributed by atoms with Gasteiger partial charge in [0, 0.05) is 31.4 Å². The molecule has 1 saturated heterocycles. The van der Waals surface area contributed by atoms with E-state index in [1.165, 1.54) is 25.6 Å². The highest BCUT2D eigenvalue weighted by Gasteiger charge is 2.39. The van der Waals surface area contributed by atoms with Crippen molar-refractivity contribution in [3.05, 3.63) is 60.3 Å². The van der Waals surface area contributed by atoms with Gasteiger partial charge in [0.05, 0.1) is 28.6 Å². The number of piperidine rings is 1. The number of fused-ring (bicyclic) bond motifs is 4. The Morgan fingerprint density at radius 1 is 1.03 bits per heavy atom. The standard InChI is InChI=1S/C26H23ClN8O/c1-34-14-31-20-10-18(5-6-22(20)34)36-23-7-3-16(9-19(23)27)32-25-24-21(29-13-30-25)11-28-26(33-24)35-12-15-2-4-17(35)8-15/h3,5-7,9-11,13-15,17H,2,4,8,12H2,1H3,(H,29,30,32)/t15-,17+/m0/s1. The normalized spacial score (nSPS) is 18.9. The lowest BCUT2D eigenvalue weighted by molar-refractivity contribution is 0.483. The molecule has 2 fully saturated rings. The third-order valence-corrected chi connectivity index (χ3v) is 7.45. The smallest absolute Gasteiger partial charge is 0.226 e. The van der Waals surface area contributed by atoms with Gasteiger partial charge in [-0.3, -0.25) is 0 Å². The van der Waals surface area contributed by atoms with Gasteiger partial charge >= 0.3 is 0 Å². The number of nitrogens with zero attached hydrogens (tertiary/aromatic N) is 7. The average Bonchev–Trinajstić information content (AvgIpc) is 3.62. The summed E-state index contributed by atoms with van der Waals surface area (Å²) < 4.78 is 8.00. The zero-order chi connectivity index (χ0) is 24.2. The van der Waals surface area contributed by atoms with Crippen LogP contribution >= 0.6 is 11.6 Å². The first-order valence-electron chi connectivity index (χ1n) is 12.0. The molecule has 7 rings (SSSR count). The highest BCUT2D eigenvalue weighted by atomic mass is 35.5. The second kappa shape index (κ2) is 8.30. The predicted molar refractivity (Wildman–Crippen MR) is 139 cm³/mol. The summed E-state index contributed by atoms with van der Waals surface area (Å²) in [5, 5.41) is 3.82. The van der Waals surface area contributed by atoms with Crippen LogP contribution in [0.4, 0.5) is 17.5 Å². The van der Waals surface area contributed by atoms with Crippen LogP contribution in [0.5, 0.6) is 11.5 Å². The van der Waals surface area contributed by atoms with Crippen LogP contribution in [0, 0.1) is 5.92 Å². The van der Waals surface area contributed by atoms with Gasteiger partial charge < -0.3 is 19.5 Å². The lowest BCUT2D eigenvalue weighted by Crippen LogP contribution is -2.33. The molecule has 2 atom stereocenters. The average molecular weight is 499 g/mol. The number of hydrogen-bond donors (Lipinski definition) is 1. The van der Waals surface area contributed by atoms with Crippen molar-refractivity contribution in [3.8, 4) is 11.5 Å². The van der Waals surface area contributed by atoms with Gasteiger partial charge in [0.1, 0.15) is 28.9 Å². The van der Waals surface area contributed by atoms with E-state index >= 15 is 0 Å². The van der Waals surface area contributed by atoms with Crippen LogP contribution in [-0.4, -0.2) is 42.1 Å². The molecule has 1 aliphatic carbocycles. The fourth-order valence-electron chi connectivity index (χ4n) is 5.35. The number of aromatic nitrogens is 6. The molecule has 5 aromatic rings. The molecule has 0 radical (unpaired) electrons. The molecule has 9 nitrogen and oxygen atoms in total. The van der Waals surface area contributed by atoms with Gasteiger partial charge in [-0.2, -0.15) is 0 Å². The second-order valence-corrected chi connectivity index (χ2v) is 9.90. The highest BCUT2D eigenvalue weighted by molar-refractivity contribution is 6.32. The molecule has 0 unspecified atom stereocenters. The summed E-state index contributed by atoms with van der Waals surface area (Å²) in [4.78, 5) is 25.0. The summed E-state index contributed by atoms with van der Waals surface area (Å²) in [7, 11) is 1.96. The van der Waals surface area contributed by atoms with E-state index in [4.69, 9.17) is 21.3 Å². The SMILES string of the molecule is Cn1cnc2cc(Oc3ccc(Nc4ncnc5cnc(N6C[C@H]7CC[C@@H]6C7)nc45)cc3Cl)ccc21. The minimum Gasteiger partial charge on any atom is -0.456 e. The molecule has 2 bridgehead atoms. The highest BCUT2D eigenvalue weighted by Crippen LogP contribution is 2.39. The first-order chi connectivity index (χ1) is 17.6. The van der Waals surface area contributed by atoms with Gasteiger partial charge in [0.25, 0.3) is 0 Å². The summed E-state index contributed by atoms with van der Waals surface area (Å²) in [5.74, 6) is 3.34. The molecule has 0 amide bonds. The van der Waals surface area contributed by atoms with Gasteiger partial charge in [-0.1, -0.05) is 11.6 Å². The van der Waals surface area contributed by atoms with Crippen molar-refractivity contribution in [3.63, 3.8) is 0 Å². The fourth-order valence-corrected chi connectivity index (χ4v) is 5.57. The zero-order valence-corrected chi connectivity index (χ0v) is 20.4. The van der Waals surface area contributed by atoms with E-state index in [9.17, 15) is 0 Å². The van der Waals surface area contributed by atoms with Crippen LogP contribution in [0.3, 0.4) is 0 Å². The zero-order valence-electron chi connectivity index (χ0n) is 19.6. The van der Waals surface area contributed by atoms with Gasteiger partial charge in [0.2, 0.25) is 5.95 Å². The van der Waals surface area contributed by atoms with Crippen molar-refractivity contribution >= 4 is 51.1 Å². The number of nitrogens with one attached hydrogen (secondary N) is 1. The summed E-state index contributed by atoms with van der Waals surface area (Å²) in [6, 6.07) is 11.9. The van der Waals surface area contributed by atoms with Crippen molar-refractivity contribution in [2.75, 3.05) is 16.8 Å². The fraction of sp³-hybridized carbons (Fsp3) is 0.269. The number of benzene rings is 2.